The molecule has 6 heteroatoms. The van der Waals surface area contributed by atoms with Crippen LogP contribution in [-0.4, -0.2) is 30.9 Å². The summed E-state index contributed by atoms with van der Waals surface area (Å²) in [7, 11) is 0. The molecule has 0 fully saturated rings. The summed E-state index contributed by atoms with van der Waals surface area (Å²) in [6, 6.07) is 0. The summed E-state index contributed by atoms with van der Waals surface area (Å²) in [5.41, 5.74) is -0.942. The molecule has 0 saturated heterocycles. The maximum Gasteiger partial charge on any atom is 0.243 e. The second-order valence-electron chi connectivity index (χ2n) is 2.88. The van der Waals surface area contributed by atoms with E-state index in [1.54, 1.807) is 6.92 Å². The molecule has 15 heavy (non-hydrogen) atoms. The summed E-state index contributed by atoms with van der Waals surface area (Å²) < 4.78 is 0. The number of nitrogens with one attached hydrogen (secondary N) is 3. The van der Waals surface area contributed by atoms with Gasteiger partial charge < -0.3 is 16.0 Å². The van der Waals surface area contributed by atoms with E-state index in [9.17, 15) is 14.4 Å². The van der Waals surface area contributed by atoms with Gasteiger partial charge in [0.15, 0.2) is 0 Å². The second kappa shape index (κ2) is 6.58. The van der Waals surface area contributed by atoms with Crippen molar-refractivity contribution in [1.82, 2.24) is 16.0 Å². The van der Waals surface area contributed by atoms with Crippen molar-refractivity contribution in [2.24, 2.45) is 0 Å². The van der Waals surface area contributed by atoms with Gasteiger partial charge in [-0.25, -0.2) is 0 Å². The standard InChI is InChI=1S/C9H15N3O3/c1-3-8(15)10-5-9(4-2,11-6-13)12-7-14/h3,6-7H,1,4-5H2,2H3,(H,10,15)(H,11,13)(H,12,14). The third kappa shape index (κ3) is 4.26. The summed E-state index contributed by atoms with van der Waals surface area (Å²) >= 11 is 0. The van der Waals surface area contributed by atoms with Gasteiger partial charge in [0.1, 0.15) is 5.66 Å². The van der Waals surface area contributed by atoms with E-state index in [4.69, 9.17) is 0 Å². The maximum absolute atomic E-state index is 10.9. The zero-order valence-electron chi connectivity index (χ0n) is 8.58. The zero-order chi connectivity index (χ0) is 11.7. The van der Waals surface area contributed by atoms with E-state index >= 15 is 0 Å². The van der Waals surface area contributed by atoms with Crippen LogP contribution in [0.4, 0.5) is 0 Å². The molecule has 0 unspecified atom stereocenters. The number of amides is 3. The minimum atomic E-state index is -0.942. The molecule has 0 saturated carbocycles. The normalized spacial score (nSPS) is 9.93. The van der Waals surface area contributed by atoms with Gasteiger partial charge in [-0.3, -0.25) is 14.4 Å². The van der Waals surface area contributed by atoms with Gasteiger partial charge in [0.25, 0.3) is 0 Å². The highest BCUT2D eigenvalue weighted by molar-refractivity contribution is 5.86. The second-order valence-corrected chi connectivity index (χ2v) is 2.88. The lowest BCUT2D eigenvalue weighted by molar-refractivity contribution is -0.119. The molecule has 0 aliphatic heterocycles. The highest BCUT2D eigenvalue weighted by Crippen LogP contribution is 2.02. The number of carbonyl (C=O) groups is 3. The van der Waals surface area contributed by atoms with Crippen molar-refractivity contribution >= 4 is 18.7 Å². The van der Waals surface area contributed by atoms with E-state index in [0.717, 1.165) is 6.08 Å². The summed E-state index contributed by atoms with van der Waals surface area (Å²) in [6.45, 7) is 5.16. The van der Waals surface area contributed by atoms with E-state index in [1.165, 1.54) is 0 Å². The molecule has 0 spiro atoms. The van der Waals surface area contributed by atoms with Gasteiger partial charge in [0.2, 0.25) is 18.7 Å². The summed E-state index contributed by atoms with van der Waals surface area (Å²) in [5, 5.41) is 7.40. The Morgan fingerprint density at radius 1 is 1.33 bits per heavy atom. The first-order chi connectivity index (χ1) is 7.14. The Hall–Kier alpha value is -1.85. The minimum Gasteiger partial charge on any atom is -0.348 e. The number of hydrogen-bond donors (Lipinski definition) is 3. The fourth-order valence-corrected chi connectivity index (χ4v) is 1.01. The van der Waals surface area contributed by atoms with E-state index < -0.39 is 5.66 Å². The van der Waals surface area contributed by atoms with Crippen molar-refractivity contribution in [2.45, 2.75) is 19.0 Å². The maximum atomic E-state index is 10.9. The summed E-state index contributed by atoms with van der Waals surface area (Å²) in [4.78, 5) is 31.7. The van der Waals surface area contributed by atoms with Crippen molar-refractivity contribution in [3.63, 3.8) is 0 Å². The molecule has 0 rings (SSSR count). The van der Waals surface area contributed by atoms with Crippen LogP contribution in [0.5, 0.6) is 0 Å². The topological polar surface area (TPSA) is 87.3 Å². The Kier molecular flexibility index (Phi) is 5.77. The average Bonchev–Trinajstić information content (AvgIpc) is 2.26. The summed E-state index contributed by atoms with van der Waals surface area (Å²) in [5.74, 6) is -0.367. The first-order valence-corrected chi connectivity index (χ1v) is 4.47. The molecule has 0 aliphatic rings. The molecule has 0 bridgehead atoms. The Labute approximate surface area is 88.1 Å². The van der Waals surface area contributed by atoms with Gasteiger partial charge in [-0.1, -0.05) is 13.5 Å². The van der Waals surface area contributed by atoms with Crippen LogP contribution in [0.3, 0.4) is 0 Å². The van der Waals surface area contributed by atoms with Crippen molar-refractivity contribution in [3.8, 4) is 0 Å². The van der Waals surface area contributed by atoms with Crippen molar-refractivity contribution < 1.29 is 14.4 Å². The lowest BCUT2D eigenvalue weighted by Gasteiger charge is -2.31. The molecule has 6 nitrogen and oxygen atoms in total. The van der Waals surface area contributed by atoms with Crippen LogP contribution in [0.1, 0.15) is 13.3 Å². The zero-order valence-corrected chi connectivity index (χ0v) is 8.58. The van der Waals surface area contributed by atoms with Crippen LogP contribution in [0.2, 0.25) is 0 Å². The molecule has 3 amide bonds. The quantitative estimate of drug-likeness (QED) is 0.271. The van der Waals surface area contributed by atoms with Crippen LogP contribution in [0.15, 0.2) is 12.7 Å². The third-order valence-electron chi connectivity index (χ3n) is 2.02. The lowest BCUT2D eigenvalue weighted by atomic mass is 10.1. The molecule has 0 aromatic carbocycles. The lowest BCUT2D eigenvalue weighted by Crippen LogP contribution is -2.61. The Balaban J connectivity index is 4.44. The van der Waals surface area contributed by atoms with Crippen molar-refractivity contribution in [1.29, 1.82) is 0 Å². The molecule has 0 aromatic heterocycles. The molecule has 84 valence electrons. The van der Waals surface area contributed by atoms with E-state index in [0.29, 0.717) is 19.2 Å². The first kappa shape index (κ1) is 13.2. The van der Waals surface area contributed by atoms with Crippen LogP contribution in [0.25, 0.3) is 0 Å². The molecular weight excluding hydrogens is 198 g/mol. The van der Waals surface area contributed by atoms with Gasteiger partial charge in [0.05, 0.1) is 6.54 Å². The van der Waals surface area contributed by atoms with Crippen LogP contribution < -0.4 is 16.0 Å². The first-order valence-electron chi connectivity index (χ1n) is 4.47. The van der Waals surface area contributed by atoms with Crippen LogP contribution in [-0.2, 0) is 14.4 Å². The van der Waals surface area contributed by atoms with E-state index in [2.05, 4.69) is 22.5 Å². The van der Waals surface area contributed by atoms with Gasteiger partial charge in [-0.05, 0) is 12.5 Å². The fourth-order valence-electron chi connectivity index (χ4n) is 1.01. The predicted molar refractivity (Wildman–Crippen MR) is 54.6 cm³/mol. The molecule has 0 radical (unpaired) electrons. The number of hydrogen-bond acceptors (Lipinski definition) is 3. The molecular formula is C9H15N3O3. The highest BCUT2D eigenvalue weighted by Gasteiger charge is 2.26. The van der Waals surface area contributed by atoms with Crippen LogP contribution in [0, 0.1) is 0 Å². The Bertz CT molecular complexity index is 243. The SMILES string of the molecule is C=CC(=O)NCC(CC)(NC=O)NC=O. The Morgan fingerprint density at radius 2 is 1.87 bits per heavy atom. The van der Waals surface area contributed by atoms with Crippen molar-refractivity contribution in [2.75, 3.05) is 6.54 Å². The average molecular weight is 213 g/mol. The van der Waals surface area contributed by atoms with Gasteiger partial charge in [-0.2, -0.15) is 0 Å². The van der Waals surface area contributed by atoms with Crippen LogP contribution >= 0.6 is 0 Å². The third-order valence-corrected chi connectivity index (χ3v) is 2.02. The minimum absolute atomic E-state index is 0.103. The molecule has 3 N–H and O–H groups in total. The molecule has 0 aliphatic carbocycles. The predicted octanol–water partition coefficient (Wildman–Crippen LogP) is -1.11. The summed E-state index contributed by atoms with van der Waals surface area (Å²) in [6.07, 6.45) is 2.50. The van der Waals surface area contributed by atoms with Crippen molar-refractivity contribution in [3.05, 3.63) is 12.7 Å². The van der Waals surface area contributed by atoms with Gasteiger partial charge in [-0.15, -0.1) is 0 Å². The number of carbonyl (C=O) groups excluding carboxylic acids is 3. The largest absolute Gasteiger partial charge is 0.348 e. The Morgan fingerprint density at radius 3 is 2.20 bits per heavy atom. The monoisotopic (exact) mass is 213 g/mol. The molecule has 0 heterocycles. The van der Waals surface area contributed by atoms with E-state index in [1.807, 2.05) is 0 Å². The van der Waals surface area contributed by atoms with E-state index in [-0.39, 0.29) is 12.5 Å². The highest BCUT2D eigenvalue weighted by atomic mass is 16.2. The molecule has 0 aromatic rings. The fraction of sp³-hybridized carbons (Fsp3) is 0.444. The van der Waals surface area contributed by atoms with Gasteiger partial charge in [0, 0.05) is 0 Å². The smallest absolute Gasteiger partial charge is 0.243 e. The van der Waals surface area contributed by atoms with Gasteiger partial charge >= 0.3 is 0 Å². The number of rotatable bonds is 8. The molecule has 0 atom stereocenters.